The second kappa shape index (κ2) is 4.40. The van der Waals surface area contributed by atoms with Gasteiger partial charge in [-0.1, -0.05) is 0 Å². The van der Waals surface area contributed by atoms with Crippen molar-refractivity contribution in [1.29, 1.82) is 0 Å². The minimum atomic E-state index is -0.641. The molecule has 0 aromatic heterocycles. The fraction of sp³-hybridized carbons (Fsp3) is 0.273. The smallest absolute Gasteiger partial charge is 0.132 e. The summed E-state index contributed by atoms with van der Waals surface area (Å²) in [6.07, 6.45) is 2.38. The molecule has 0 aliphatic carbocycles. The molecule has 0 fully saturated rings. The Balaban J connectivity index is 2.12. The largest absolute Gasteiger partial charge is 0.462 e. The normalized spacial score (nSPS) is 16.0. The van der Waals surface area contributed by atoms with E-state index in [-0.39, 0.29) is 5.75 Å². The highest BCUT2D eigenvalue weighted by Crippen LogP contribution is 2.20. The molecule has 15 heavy (non-hydrogen) atoms. The van der Waals surface area contributed by atoms with E-state index in [9.17, 15) is 8.78 Å². The molecule has 0 unspecified atom stereocenters. The number of rotatable bonds is 2. The van der Waals surface area contributed by atoms with Crippen molar-refractivity contribution in [2.24, 2.45) is 0 Å². The zero-order valence-electron chi connectivity index (χ0n) is 8.00. The summed E-state index contributed by atoms with van der Waals surface area (Å²) in [4.78, 5) is 0. The van der Waals surface area contributed by atoms with Crippen molar-refractivity contribution in [1.82, 2.24) is 0 Å². The highest BCUT2D eigenvalue weighted by Gasteiger charge is 2.07. The molecule has 2 rings (SSSR count). The first-order valence-electron chi connectivity index (χ1n) is 4.65. The van der Waals surface area contributed by atoms with E-state index < -0.39 is 11.6 Å². The topological polar surface area (TPSA) is 18.5 Å². The summed E-state index contributed by atoms with van der Waals surface area (Å²) in [5.41, 5.74) is 0. The Morgan fingerprint density at radius 2 is 1.87 bits per heavy atom. The zero-order chi connectivity index (χ0) is 10.7. The minimum Gasteiger partial charge on any atom is -0.462 e. The molecule has 0 bridgehead atoms. The average molecular weight is 212 g/mol. The molecule has 1 aliphatic heterocycles. The van der Waals surface area contributed by atoms with Gasteiger partial charge in [0.25, 0.3) is 0 Å². The van der Waals surface area contributed by atoms with Gasteiger partial charge < -0.3 is 9.47 Å². The lowest BCUT2D eigenvalue weighted by atomic mass is 10.3. The molecule has 80 valence electrons. The van der Waals surface area contributed by atoms with Crippen molar-refractivity contribution >= 4 is 0 Å². The summed E-state index contributed by atoms with van der Waals surface area (Å²) in [6, 6.07) is 3.12. The Labute approximate surface area is 86.1 Å². The van der Waals surface area contributed by atoms with Crippen molar-refractivity contribution in [3.05, 3.63) is 41.7 Å². The molecular weight excluding hydrogens is 202 g/mol. The van der Waals surface area contributed by atoms with Crippen molar-refractivity contribution in [2.75, 3.05) is 13.2 Å². The maximum Gasteiger partial charge on any atom is 0.132 e. The molecule has 0 saturated heterocycles. The third-order valence-corrected chi connectivity index (χ3v) is 2.01. The maximum atomic E-state index is 12.8. The van der Waals surface area contributed by atoms with Gasteiger partial charge >= 0.3 is 0 Å². The first-order chi connectivity index (χ1) is 7.24. The van der Waals surface area contributed by atoms with E-state index in [1.807, 2.05) is 0 Å². The molecule has 1 aliphatic rings. The molecule has 0 amide bonds. The van der Waals surface area contributed by atoms with Gasteiger partial charge in [0.15, 0.2) is 0 Å². The fourth-order valence-corrected chi connectivity index (χ4v) is 1.34. The van der Waals surface area contributed by atoms with Crippen LogP contribution in [0.15, 0.2) is 30.0 Å². The maximum absolute atomic E-state index is 12.8. The van der Waals surface area contributed by atoms with E-state index in [0.717, 1.165) is 18.2 Å². The minimum absolute atomic E-state index is 0.181. The molecule has 1 aromatic rings. The van der Waals surface area contributed by atoms with Gasteiger partial charge in [-0.25, -0.2) is 8.78 Å². The summed E-state index contributed by atoms with van der Waals surface area (Å²) in [6.45, 7) is 1.05. The van der Waals surface area contributed by atoms with E-state index in [1.165, 1.54) is 0 Å². The highest BCUT2D eigenvalue weighted by atomic mass is 19.1. The first-order valence-corrected chi connectivity index (χ1v) is 4.65. The van der Waals surface area contributed by atoms with Crippen molar-refractivity contribution < 1.29 is 18.3 Å². The standard InChI is InChI=1S/C11H10F2O2/c12-8-5-9(13)7-11(6-8)15-10-1-3-14-4-2-10/h1,5-7H,2-4H2. The van der Waals surface area contributed by atoms with Crippen molar-refractivity contribution in [3.63, 3.8) is 0 Å². The van der Waals surface area contributed by atoms with Crippen LogP contribution in [0.3, 0.4) is 0 Å². The Bertz CT molecular complexity index is 368. The third-order valence-electron chi connectivity index (χ3n) is 2.01. The van der Waals surface area contributed by atoms with E-state index in [0.29, 0.717) is 25.4 Å². The lowest BCUT2D eigenvalue weighted by Gasteiger charge is -2.14. The molecule has 2 nitrogen and oxygen atoms in total. The Morgan fingerprint density at radius 1 is 1.13 bits per heavy atom. The summed E-state index contributed by atoms with van der Waals surface area (Å²) >= 11 is 0. The first kappa shape index (κ1) is 10.1. The Kier molecular flexibility index (Phi) is 2.97. The van der Waals surface area contributed by atoms with Gasteiger partial charge in [-0.05, 0) is 6.08 Å². The summed E-state index contributed by atoms with van der Waals surface area (Å²) in [5.74, 6) is -0.415. The van der Waals surface area contributed by atoms with Gasteiger partial charge in [0.1, 0.15) is 23.1 Å². The van der Waals surface area contributed by atoms with Crippen LogP contribution in [0.4, 0.5) is 8.78 Å². The molecule has 1 heterocycles. The van der Waals surface area contributed by atoms with E-state index in [2.05, 4.69) is 0 Å². The second-order valence-electron chi connectivity index (χ2n) is 3.20. The Morgan fingerprint density at radius 3 is 2.47 bits per heavy atom. The number of hydrogen-bond acceptors (Lipinski definition) is 2. The van der Waals surface area contributed by atoms with Crippen LogP contribution in [0.2, 0.25) is 0 Å². The number of halogens is 2. The van der Waals surface area contributed by atoms with Crippen LogP contribution in [-0.2, 0) is 4.74 Å². The Hall–Kier alpha value is -1.42. The molecular formula is C11H10F2O2. The van der Waals surface area contributed by atoms with Gasteiger partial charge in [-0.2, -0.15) is 0 Å². The lowest BCUT2D eigenvalue weighted by Crippen LogP contribution is -2.08. The van der Waals surface area contributed by atoms with Gasteiger partial charge in [0.2, 0.25) is 0 Å². The average Bonchev–Trinajstić information content (AvgIpc) is 2.17. The summed E-state index contributed by atoms with van der Waals surface area (Å²) in [5, 5.41) is 0. The number of ether oxygens (including phenoxy) is 2. The third kappa shape index (κ3) is 2.76. The van der Waals surface area contributed by atoms with Crippen LogP contribution >= 0.6 is 0 Å². The van der Waals surface area contributed by atoms with Crippen LogP contribution < -0.4 is 4.74 Å². The van der Waals surface area contributed by atoms with Gasteiger partial charge in [-0.15, -0.1) is 0 Å². The molecule has 0 saturated carbocycles. The van der Waals surface area contributed by atoms with Gasteiger partial charge in [0.05, 0.1) is 13.2 Å². The molecule has 4 heteroatoms. The molecule has 0 spiro atoms. The van der Waals surface area contributed by atoms with E-state index >= 15 is 0 Å². The second-order valence-corrected chi connectivity index (χ2v) is 3.20. The van der Waals surface area contributed by atoms with Gasteiger partial charge in [-0.3, -0.25) is 0 Å². The van der Waals surface area contributed by atoms with Crippen molar-refractivity contribution in [2.45, 2.75) is 6.42 Å². The zero-order valence-corrected chi connectivity index (χ0v) is 8.00. The van der Waals surface area contributed by atoms with Crippen LogP contribution in [0.25, 0.3) is 0 Å². The predicted molar refractivity (Wildman–Crippen MR) is 50.5 cm³/mol. The molecule has 1 aromatic carbocycles. The number of benzene rings is 1. The van der Waals surface area contributed by atoms with Crippen molar-refractivity contribution in [3.8, 4) is 5.75 Å². The monoisotopic (exact) mass is 212 g/mol. The quantitative estimate of drug-likeness (QED) is 0.750. The van der Waals surface area contributed by atoms with E-state index in [4.69, 9.17) is 9.47 Å². The van der Waals surface area contributed by atoms with Crippen LogP contribution in [0.1, 0.15) is 6.42 Å². The SMILES string of the molecule is Fc1cc(F)cc(OC2=CCOCC2)c1. The van der Waals surface area contributed by atoms with Crippen LogP contribution in [-0.4, -0.2) is 13.2 Å². The summed E-state index contributed by atoms with van der Waals surface area (Å²) in [7, 11) is 0. The number of hydrogen-bond donors (Lipinski definition) is 0. The molecule has 0 atom stereocenters. The van der Waals surface area contributed by atoms with Gasteiger partial charge in [0, 0.05) is 24.6 Å². The van der Waals surface area contributed by atoms with Crippen LogP contribution in [0, 0.1) is 11.6 Å². The summed E-state index contributed by atoms with van der Waals surface area (Å²) < 4.78 is 36.0. The molecule has 0 radical (unpaired) electrons. The van der Waals surface area contributed by atoms with Crippen LogP contribution in [0.5, 0.6) is 5.75 Å². The lowest BCUT2D eigenvalue weighted by molar-refractivity contribution is 0.139. The van der Waals surface area contributed by atoms with E-state index in [1.54, 1.807) is 6.08 Å². The molecule has 0 N–H and O–H groups in total. The highest BCUT2D eigenvalue weighted by molar-refractivity contribution is 5.26. The fourth-order valence-electron chi connectivity index (χ4n) is 1.34. The predicted octanol–water partition coefficient (Wildman–Crippen LogP) is 2.65.